The third kappa shape index (κ3) is 7.77. The summed E-state index contributed by atoms with van der Waals surface area (Å²) in [7, 11) is 0. The van der Waals surface area contributed by atoms with E-state index in [4.69, 9.17) is 19.7 Å². The van der Waals surface area contributed by atoms with Crippen molar-refractivity contribution in [3.63, 3.8) is 0 Å². The van der Waals surface area contributed by atoms with Crippen molar-refractivity contribution in [3.05, 3.63) is 45.8 Å². The Morgan fingerprint density at radius 3 is 2.45 bits per heavy atom. The highest BCUT2D eigenvalue weighted by atomic mass is 79.9. The summed E-state index contributed by atoms with van der Waals surface area (Å²) < 4.78 is 16.6. The molecular weight excluding hydrogens is 350 g/mol. The minimum Gasteiger partial charge on any atom is -0.371 e. The molecule has 0 heterocycles. The second-order valence-corrected chi connectivity index (χ2v) is 5.21. The molecule has 0 radical (unpaired) electrons. The van der Waals surface area contributed by atoms with Crippen LogP contribution in [0.25, 0.3) is 10.4 Å². The smallest absolute Gasteiger partial charge is 0.154 e. The summed E-state index contributed by atoms with van der Waals surface area (Å²) in [5.74, 6) is 0. The first-order valence-corrected chi connectivity index (χ1v) is 8.31. The summed E-state index contributed by atoms with van der Waals surface area (Å²) in [4.78, 5) is 2.77. The molecule has 0 spiro atoms. The van der Waals surface area contributed by atoms with Gasteiger partial charge in [0.15, 0.2) is 6.29 Å². The first-order chi connectivity index (χ1) is 10.7. The van der Waals surface area contributed by atoms with Gasteiger partial charge in [-0.05, 0) is 30.5 Å². The number of alkyl halides is 1. The zero-order valence-electron chi connectivity index (χ0n) is 12.9. The third-order valence-electron chi connectivity index (χ3n) is 2.93. The van der Waals surface area contributed by atoms with Crippen LogP contribution in [-0.4, -0.2) is 32.2 Å². The molecule has 0 fully saturated rings. The van der Waals surface area contributed by atoms with E-state index in [-0.39, 0.29) is 18.9 Å². The Labute approximate surface area is 139 Å². The van der Waals surface area contributed by atoms with Crippen LogP contribution in [0.3, 0.4) is 0 Å². The normalized spacial score (nSPS) is 13.4. The molecular formula is C15H22BrN3O3. The van der Waals surface area contributed by atoms with E-state index in [9.17, 15) is 0 Å². The highest BCUT2D eigenvalue weighted by Crippen LogP contribution is 2.10. The lowest BCUT2D eigenvalue weighted by Crippen LogP contribution is -2.26. The first-order valence-electron chi connectivity index (χ1n) is 7.19. The summed E-state index contributed by atoms with van der Waals surface area (Å²) >= 11 is 3.41. The molecule has 1 rings (SSSR count). The summed E-state index contributed by atoms with van der Waals surface area (Å²) in [6, 6.07) is 8.13. The van der Waals surface area contributed by atoms with Crippen molar-refractivity contribution in [1.82, 2.24) is 0 Å². The Bertz CT molecular complexity index is 464. The van der Waals surface area contributed by atoms with Gasteiger partial charge in [0.2, 0.25) is 0 Å². The van der Waals surface area contributed by atoms with Crippen molar-refractivity contribution < 1.29 is 14.2 Å². The van der Waals surface area contributed by atoms with Crippen LogP contribution in [0.1, 0.15) is 25.0 Å². The Balaban J connectivity index is 2.46. The van der Waals surface area contributed by atoms with Crippen molar-refractivity contribution in [1.29, 1.82) is 0 Å². The number of halogens is 1. The fourth-order valence-electron chi connectivity index (χ4n) is 1.75. The number of benzene rings is 1. The Hall–Kier alpha value is -1.11. The Morgan fingerprint density at radius 1 is 1.18 bits per heavy atom. The van der Waals surface area contributed by atoms with Crippen molar-refractivity contribution in [3.8, 4) is 0 Å². The zero-order chi connectivity index (χ0) is 16.2. The van der Waals surface area contributed by atoms with Gasteiger partial charge in [-0.25, -0.2) is 0 Å². The van der Waals surface area contributed by atoms with Crippen molar-refractivity contribution in [2.75, 3.05) is 19.8 Å². The first kappa shape index (κ1) is 18.9. The second kappa shape index (κ2) is 11.5. The van der Waals surface area contributed by atoms with Crippen LogP contribution in [0.4, 0.5) is 0 Å². The van der Waals surface area contributed by atoms with Gasteiger partial charge >= 0.3 is 0 Å². The maximum Gasteiger partial charge on any atom is 0.154 e. The molecule has 0 N–H and O–H groups in total. The predicted molar refractivity (Wildman–Crippen MR) is 88.7 cm³/mol. The maximum absolute atomic E-state index is 8.45. The monoisotopic (exact) mass is 371 g/mol. The summed E-state index contributed by atoms with van der Waals surface area (Å²) in [5.41, 5.74) is 10.7. The molecule has 7 heteroatoms. The Kier molecular flexibility index (Phi) is 9.86. The van der Waals surface area contributed by atoms with Gasteiger partial charge in [0, 0.05) is 16.8 Å². The van der Waals surface area contributed by atoms with E-state index in [0.717, 1.165) is 10.9 Å². The molecule has 0 aromatic heterocycles. The third-order valence-corrected chi connectivity index (χ3v) is 3.58. The molecule has 0 amide bonds. The fourth-order valence-corrected chi connectivity index (χ4v) is 2.12. The van der Waals surface area contributed by atoms with Gasteiger partial charge < -0.3 is 14.2 Å². The Morgan fingerprint density at radius 2 is 1.86 bits per heavy atom. The molecule has 0 saturated carbocycles. The molecule has 1 aromatic rings. The number of nitrogens with zero attached hydrogens (tertiary/aromatic N) is 3. The van der Waals surface area contributed by atoms with Crippen molar-refractivity contribution in [2.45, 2.75) is 38.2 Å². The molecule has 6 nitrogen and oxygen atoms in total. The number of hydrogen-bond acceptors (Lipinski definition) is 4. The number of azide groups is 1. The van der Waals surface area contributed by atoms with E-state index < -0.39 is 0 Å². The number of hydrogen-bond donors (Lipinski definition) is 0. The van der Waals surface area contributed by atoms with Crippen LogP contribution in [0.5, 0.6) is 0 Å². The summed E-state index contributed by atoms with van der Waals surface area (Å²) in [5, 5.41) is 4.39. The lowest BCUT2D eigenvalue weighted by molar-refractivity contribution is -0.150. The van der Waals surface area contributed by atoms with Crippen LogP contribution in [0.15, 0.2) is 29.4 Å². The quantitative estimate of drug-likeness (QED) is 0.192. The molecule has 0 aliphatic heterocycles. The minimum atomic E-state index is -0.305. The van der Waals surface area contributed by atoms with Crippen LogP contribution >= 0.6 is 15.9 Å². The molecule has 0 aliphatic carbocycles. The molecule has 0 aliphatic rings. The molecule has 0 saturated heterocycles. The van der Waals surface area contributed by atoms with Crippen LogP contribution in [-0.2, 0) is 26.1 Å². The molecule has 1 aromatic carbocycles. The molecule has 2 atom stereocenters. The van der Waals surface area contributed by atoms with Gasteiger partial charge in [-0.2, -0.15) is 0 Å². The van der Waals surface area contributed by atoms with Gasteiger partial charge in [-0.1, -0.05) is 45.3 Å². The van der Waals surface area contributed by atoms with Crippen LogP contribution < -0.4 is 0 Å². The zero-order valence-corrected chi connectivity index (χ0v) is 14.5. The average Bonchev–Trinajstić information content (AvgIpc) is 2.55. The van der Waals surface area contributed by atoms with Gasteiger partial charge in [0.1, 0.15) is 0 Å². The van der Waals surface area contributed by atoms with E-state index in [1.165, 1.54) is 5.56 Å². The van der Waals surface area contributed by atoms with Crippen LogP contribution in [0, 0.1) is 0 Å². The number of ether oxygens (including phenoxy) is 3. The lowest BCUT2D eigenvalue weighted by atomic mass is 10.2. The topological polar surface area (TPSA) is 76.5 Å². The predicted octanol–water partition coefficient (Wildman–Crippen LogP) is 4.18. The highest BCUT2D eigenvalue weighted by Gasteiger charge is 2.11. The molecule has 2 unspecified atom stereocenters. The van der Waals surface area contributed by atoms with Crippen molar-refractivity contribution >= 4 is 15.9 Å². The largest absolute Gasteiger partial charge is 0.371 e. The van der Waals surface area contributed by atoms with Crippen LogP contribution in [0.2, 0.25) is 0 Å². The summed E-state index contributed by atoms with van der Waals surface area (Å²) in [6.07, 6.45) is -0.602. The van der Waals surface area contributed by atoms with Gasteiger partial charge in [0.25, 0.3) is 0 Å². The molecule has 22 heavy (non-hydrogen) atoms. The molecule has 122 valence electrons. The van der Waals surface area contributed by atoms with Gasteiger partial charge in [-0.3, -0.25) is 0 Å². The van der Waals surface area contributed by atoms with E-state index >= 15 is 0 Å². The average molecular weight is 372 g/mol. The number of rotatable bonds is 11. The van der Waals surface area contributed by atoms with E-state index in [1.54, 1.807) is 0 Å². The minimum absolute atomic E-state index is 0.231. The standard InChI is InChI=1S/C15H22BrN3O3/c1-3-20-12(2)21-11-15(9-18-19-17)22-10-14-6-4-13(8-16)5-7-14/h4-7,12,15H,3,8-11H2,1-2H3. The maximum atomic E-state index is 8.45. The van der Waals surface area contributed by atoms with Gasteiger partial charge in [-0.15, -0.1) is 0 Å². The van der Waals surface area contributed by atoms with Crippen molar-refractivity contribution in [2.24, 2.45) is 5.11 Å². The van der Waals surface area contributed by atoms with E-state index in [0.29, 0.717) is 19.8 Å². The second-order valence-electron chi connectivity index (χ2n) is 4.65. The SMILES string of the molecule is CCOC(C)OCC(CN=[N+]=[N-])OCc1ccc(CBr)cc1. The van der Waals surface area contributed by atoms with E-state index in [2.05, 4.69) is 26.0 Å². The summed E-state index contributed by atoms with van der Waals surface area (Å²) in [6.45, 7) is 5.32. The lowest BCUT2D eigenvalue weighted by Gasteiger charge is -2.19. The van der Waals surface area contributed by atoms with Gasteiger partial charge in [0.05, 0.1) is 25.9 Å². The van der Waals surface area contributed by atoms with E-state index in [1.807, 2.05) is 38.1 Å². The highest BCUT2D eigenvalue weighted by molar-refractivity contribution is 9.08. The molecule has 0 bridgehead atoms. The fraction of sp³-hybridized carbons (Fsp3) is 0.600.